The van der Waals surface area contributed by atoms with E-state index < -0.39 is 0 Å². The van der Waals surface area contributed by atoms with Gasteiger partial charge in [0.05, 0.1) is 6.61 Å². The molecule has 2 aliphatic heterocycles. The molecule has 82 valence electrons. The van der Waals surface area contributed by atoms with Gasteiger partial charge in [0.2, 0.25) is 0 Å². The second-order valence-corrected chi connectivity index (χ2v) is 5.11. The van der Waals surface area contributed by atoms with E-state index in [4.69, 9.17) is 4.74 Å². The van der Waals surface area contributed by atoms with E-state index >= 15 is 0 Å². The summed E-state index contributed by atoms with van der Waals surface area (Å²) < 4.78 is 5.53. The standard InChI is InChI=1S/C11H22N2O/c1-9-7-13(10(2)6-12-9)11(3)4-5-14-8-11/h9-10,12H,4-8H2,1-3H3. The summed E-state index contributed by atoms with van der Waals surface area (Å²) >= 11 is 0. The summed E-state index contributed by atoms with van der Waals surface area (Å²) in [5.41, 5.74) is 0.287. The van der Waals surface area contributed by atoms with Gasteiger partial charge in [-0.05, 0) is 27.2 Å². The van der Waals surface area contributed by atoms with Crippen molar-refractivity contribution in [1.82, 2.24) is 10.2 Å². The Morgan fingerprint density at radius 3 is 2.86 bits per heavy atom. The summed E-state index contributed by atoms with van der Waals surface area (Å²) in [5, 5.41) is 3.52. The van der Waals surface area contributed by atoms with Gasteiger partial charge in [-0.1, -0.05) is 0 Å². The highest BCUT2D eigenvalue weighted by atomic mass is 16.5. The van der Waals surface area contributed by atoms with Crippen LogP contribution in [-0.2, 0) is 4.74 Å². The summed E-state index contributed by atoms with van der Waals surface area (Å²) in [6, 6.07) is 1.25. The van der Waals surface area contributed by atoms with E-state index in [-0.39, 0.29) is 5.54 Å². The van der Waals surface area contributed by atoms with Crippen molar-refractivity contribution in [2.24, 2.45) is 0 Å². The minimum atomic E-state index is 0.287. The third-order valence-corrected chi connectivity index (χ3v) is 3.66. The van der Waals surface area contributed by atoms with Crippen LogP contribution in [0.3, 0.4) is 0 Å². The fraction of sp³-hybridized carbons (Fsp3) is 1.00. The molecule has 0 amide bonds. The van der Waals surface area contributed by atoms with Gasteiger partial charge in [0.25, 0.3) is 0 Å². The Labute approximate surface area is 86.8 Å². The molecule has 0 radical (unpaired) electrons. The van der Waals surface area contributed by atoms with Crippen LogP contribution in [0.1, 0.15) is 27.2 Å². The normalized spacial score (nSPS) is 45.6. The SMILES string of the molecule is CC1CN(C2(C)CCOC2)C(C)CN1. The molecule has 0 aromatic heterocycles. The molecule has 0 saturated carbocycles. The molecule has 2 heterocycles. The van der Waals surface area contributed by atoms with Gasteiger partial charge >= 0.3 is 0 Å². The molecular weight excluding hydrogens is 176 g/mol. The summed E-state index contributed by atoms with van der Waals surface area (Å²) in [6.45, 7) is 11.0. The highest BCUT2D eigenvalue weighted by Gasteiger charge is 2.40. The van der Waals surface area contributed by atoms with Crippen molar-refractivity contribution < 1.29 is 4.74 Å². The molecule has 3 unspecified atom stereocenters. The topological polar surface area (TPSA) is 24.5 Å². The zero-order chi connectivity index (χ0) is 10.2. The Morgan fingerprint density at radius 1 is 1.43 bits per heavy atom. The van der Waals surface area contributed by atoms with Gasteiger partial charge in [0.1, 0.15) is 0 Å². The third-order valence-electron chi connectivity index (χ3n) is 3.66. The van der Waals surface area contributed by atoms with E-state index in [2.05, 4.69) is 31.0 Å². The minimum Gasteiger partial charge on any atom is -0.379 e. The van der Waals surface area contributed by atoms with E-state index in [0.29, 0.717) is 12.1 Å². The second kappa shape index (κ2) is 3.80. The monoisotopic (exact) mass is 198 g/mol. The van der Waals surface area contributed by atoms with Crippen LogP contribution < -0.4 is 5.32 Å². The maximum atomic E-state index is 5.53. The smallest absolute Gasteiger partial charge is 0.0648 e. The van der Waals surface area contributed by atoms with Crippen LogP contribution in [0.5, 0.6) is 0 Å². The average molecular weight is 198 g/mol. The van der Waals surface area contributed by atoms with Crippen LogP contribution >= 0.6 is 0 Å². The van der Waals surface area contributed by atoms with Crippen LogP contribution in [0.4, 0.5) is 0 Å². The van der Waals surface area contributed by atoms with Crippen LogP contribution in [0.15, 0.2) is 0 Å². The zero-order valence-electron chi connectivity index (χ0n) is 9.55. The van der Waals surface area contributed by atoms with Crippen molar-refractivity contribution in [3.8, 4) is 0 Å². The van der Waals surface area contributed by atoms with E-state index in [1.807, 2.05) is 0 Å². The molecule has 2 saturated heterocycles. The molecule has 2 aliphatic rings. The molecule has 3 nitrogen and oxygen atoms in total. The van der Waals surface area contributed by atoms with Gasteiger partial charge in [-0.25, -0.2) is 0 Å². The molecule has 0 aromatic rings. The molecule has 3 heteroatoms. The van der Waals surface area contributed by atoms with Crippen LogP contribution in [-0.4, -0.2) is 48.8 Å². The van der Waals surface area contributed by atoms with Gasteiger partial charge in [0, 0.05) is 37.3 Å². The number of hydrogen-bond acceptors (Lipinski definition) is 3. The van der Waals surface area contributed by atoms with E-state index in [1.54, 1.807) is 0 Å². The van der Waals surface area contributed by atoms with Gasteiger partial charge in [0.15, 0.2) is 0 Å². The molecule has 0 aliphatic carbocycles. The highest BCUT2D eigenvalue weighted by Crippen LogP contribution is 2.28. The van der Waals surface area contributed by atoms with Gasteiger partial charge in [-0.2, -0.15) is 0 Å². The Balaban J connectivity index is 2.06. The quantitative estimate of drug-likeness (QED) is 0.676. The molecule has 3 atom stereocenters. The maximum Gasteiger partial charge on any atom is 0.0648 e. The van der Waals surface area contributed by atoms with Crippen molar-refractivity contribution in [3.05, 3.63) is 0 Å². The second-order valence-electron chi connectivity index (χ2n) is 5.11. The maximum absolute atomic E-state index is 5.53. The van der Waals surface area contributed by atoms with Crippen LogP contribution in [0, 0.1) is 0 Å². The van der Waals surface area contributed by atoms with Gasteiger partial charge in [-0.15, -0.1) is 0 Å². The average Bonchev–Trinajstić information content (AvgIpc) is 2.58. The molecule has 2 rings (SSSR count). The largest absolute Gasteiger partial charge is 0.379 e. The molecule has 0 aromatic carbocycles. The Morgan fingerprint density at radius 2 is 2.21 bits per heavy atom. The lowest BCUT2D eigenvalue weighted by atomic mass is 9.94. The Kier molecular flexibility index (Phi) is 2.82. The number of nitrogens with zero attached hydrogens (tertiary/aromatic N) is 1. The van der Waals surface area contributed by atoms with Gasteiger partial charge in [-0.3, -0.25) is 4.90 Å². The first-order valence-electron chi connectivity index (χ1n) is 5.70. The number of nitrogens with one attached hydrogen (secondary N) is 1. The third kappa shape index (κ3) is 1.81. The van der Waals surface area contributed by atoms with Gasteiger partial charge < -0.3 is 10.1 Å². The Bertz CT molecular complexity index is 201. The van der Waals surface area contributed by atoms with E-state index in [0.717, 1.165) is 26.3 Å². The molecule has 0 bridgehead atoms. The summed E-state index contributed by atoms with van der Waals surface area (Å²) in [4.78, 5) is 2.63. The number of piperazine rings is 1. The first-order valence-corrected chi connectivity index (χ1v) is 5.70. The van der Waals surface area contributed by atoms with E-state index in [1.165, 1.54) is 6.42 Å². The number of ether oxygens (including phenoxy) is 1. The first kappa shape index (κ1) is 10.4. The lowest BCUT2D eigenvalue weighted by Gasteiger charge is -2.46. The fourth-order valence-corrected chi connectivity index (χ4v) is 2.66. The predicted molar refractivity (Wildman–Crippen MR) is 57.5 cm³/mol. The van der Waals surface area contributed by atoms with E-state index in [9.17, 15) is 0 Å². The number of hydrogen-bond donors (Lipinski definition) is 1. The van der Waals surface area contributed by atoms with Crippen molar-refractivity contribution in [3.63, 3.8) is 0 Å². The summed E-state index contributed by atoms with van der Waals surface area (Å²) in [5.74, 6) is 0. The fourth-order valence-electron chi connectivity index (χ4n) is 2.66. The van der Waals surface area contributed by atoms with Crippen molar-refractivity contribution in [2.75, 3.05) is 26.3 Å². The minimum absolute atomic E-state index is 0.287. The molecule has 1 N–H and O–H groups in total. The molecule has 2 fully saturated rings. The molecular formula is C11H22N2O. The number of rotatable bonds is 1. The summed E-state index contributed by atoms with van der Waals surface area (Å²) in [7, 11) is 0. The van der Waals surface area contributed by atoms with Crippen molar-refractivity contribution in [1.29, 1.82) is 0 Å². The van der Waals surface area contributed by atoms with Crippen molar-refractivity contribution >= 4 is 0 Å². The lowest BCUT2D eigenvalue weighted by molar-refractivity contribution is 0.0215. The van der Waals surface area contributed by atoms with Crippen LogP contribution in [0.25, 0.3) is 0 Å². The Hall–Kier alpha value is -0.120. The zero-order valence-corrected chi connectivity index (χ0v) is 9.55. The lowest BCUT2D eigenvalue weighted by Crippen LogP contribution is -2.62. The molecule has 14 heavy (non-hydrogen) atoms. The van der Waals surface area contributed by atoms with Crippen LogP contribution in [0.2, 0.25) is 0 Å². The van der Waals surface area contributed by atoms with Crippen molar-refractivity contribution in [2.45, 2.75) is 44.8 Å². The first-order chi connectivity index (χ1) is 6.62. The predicted octanol–water partition coefficient (Wildman–Crippen LogP) is 0.848. The highest BCUT2D eigenvalue weighted by molar-refractivity contribution is 4.96. The molecule has 0 spiro atoms. The summed E-state index contributed by atoms with van der Waals surface area (Å²) in [6.07, 6.45) is 1.18.